The van der Waals surface area contributed by atoms with Crippen molar-refractivity contribution in [3.8, 4) is 11.5 Å². The molecule has 2 aromatic carbocycles. The molecule has 1 atom stereocenters. The fourth-order valence-electron chi connectivity index (χ4n) is 3.19. The number of hydrogen-bond donors (Lipinski definition) is 1. The Morgan fingerprint density at radius 1 is 1.09 bits per heavy atom. The minimum Gasteiger partial charge on any atom is -0.497 e. The van der Waals surface area contributed by atoms with Crippen LogP contribution in [0.15, 0.2) is 36.4 Å². The van der Waals surface area contributed by atoms with Gasteiger partial charge in [-0.1, -0.05) is 32.0 Å². The Morgan fingerprint density at radius 2 is 1.91 bits per heavy atom. The van der Waals surface area contributed by atoms with E-state index >= 15 is 0 Å². The van der Waals surface area contributed by atoms with Crippen LogP contribution in [0.1, 0.15) is 42.5 Å². The number of nitrogens with one attached hydrogen (secondary N) is 1. The van der Waals surface area contributed by atoms with Gasteiger partial charge in [0.15, 0.2) is 0 Å². The molecule has 3 nitrogen and oxygen atoms in total. The molecule has 22 heavy (non-hydrogen) atoms. The van der Waals surface area contributed by atoms with Crippen molar-refractivity contribution in [1.82, 2.24) is 0 Å². The van der Waals surface area contributed by atoms with Crippen molar-refractivity contribution < 1.29 is 9.47 Å². The average molecular weight is 297 g/mol. The van der Waals surface area contributed by atoms with E-state index in [0.29, 0.717) is 5.92 Å². The van der Waals surface area contributed by atoms with Crippen LogP contribution in [0.2, 0.25) is 0 Å². The molecule has 0 amide bonds. The van der Waals surface area contributed by atoms with E-state index in [1.165, 1.54) is 16.8 Å². The molecule has 0 saturated heterocycles. The lowest BCUT2D eigenvalue weighted by Gasteiger charge is -2.18. The lowest BCUT2D eigenvalue weighted by molar-refractivity contribution is 0.396. The normalized spacial score (nSPS) is 16.3. The molecule has 116 valence electrons. The van der Waals surface area contributed by atoms with E-state index in [0.717, 1.165) is 23.5 Å². The maximum atomic E-state index is 5.54. The summed E-state index contributed by atoms with van der Waals surface area (Å²) in [6.07, 6.45) is 0.972. The Balaban J connectivity index is 1.98. The molecule has 1 heterocycles. The van der Waals surface area contributed by atoms with Crippen LogP contribution >= 0.6 is 0 Å². The van der Waals surface area contributed by atoms with Gasteiger partial charge in [-0.2, -0.15) is 0 Å². The maximum absolute atomic E-state index is 5.54. The van der Waals surface area contributed by atoms with Crippen molar-refractivity contribution in [2.24, 2.45) is 0 Å². The zero-order valence-corrected chi connectivity index (χ0v) is 13.6. The minimum atomic E-state index is 0.222. The third-order valence-electron chi connectivity index (χ3n) is 4.36. The predicted octanol–water partition coefficient (Wildman–Crippen LogP) is 4.54. The molecule has 1 N–H and O–H groups in total. The number of rotatable bonds is 4. The molecule has 3 heteroatoms. The van der Waals surface area contributed by atoms with Crippen molar-refractivity contribution in [2.75, 3.05) is 19.5 Å². The molecular formula is C19H23NO2. The van der Waals surface area contributed by atoms with Gasteiger partial charge < -0.3 is 14.8 Å². The highest BCUT2D eigenvalue weighted by Gasteiger charge is 2.27. The first-order valence-corrected chi connectivity index (χ1v) is 7.74. The van der Waals surface area contributed by atoms with E-state index in [1.807, 2.05) is 12.1 Å². The largest absolute Gasteiger partial charge is 0.497 e. The standard InChI is InChI=1S/C19H23NO2/c1-12(2)15-7-5-6-13-10-17(20-19(13)15)16-11-14(21-3)8-9-18(16)22-4/h5-9,11-12,17,20H,10H2,1-4H3. The van der Waals surface area contributed by atoms with Gasteiger partial charge >= 0.3 is 0 Å². The topological polar surface area (TPSA) is 30.5 Å². The number of fused-ring (bicyclic) bond motifs is 1. The van der Waals surface area contributed by atoms with Crippen LogP contribution in [0.25, 0.3) is 0 Å². The number of ether oxygens (including phenoxy) is 2. The molecule has 1 aliphatic rings. The van der Waals surface area contributed by atoms with Crippen molar-refractivity contribution in [3.63, 3.8) is 0 Å². The van der Waals surface area contributed by atoms with Crippen LogP contribution in [0.4, 0.5) is 5.69 Å². The summed E-state index contributed by atoms with van der Waals surface area (Å²) in [6.45, 7) is 4.47. The van der Waals surface area contributed by atoms with Gasteiger partial charge in [-0.3, -0.25) is 0 Å². The van der Waals surface area contributed by atoms with E-state index in [9.17, 15) is 0 Å². The number of benzene rings is 2. The molecule has 0 aromatic heterocycles. The molecular weight excluding hydrogens is 274 g/mol. The van der Waals surface area contributed by atoms with Gasteiger partial charge in [0, 0.05) is 11.3 Å². The zero-order valence-electron chi connectivity index (χ0n) is 13.6. The molecule has 1 aliphatic heterocycles. The van der Waals surface area contributed by atoms with Crippen LogP contribution in [-0.4, -0.2) is 14.2 Å². The van der Waals surface area contributed by atoms with Crippen molar-refractivity contribution in [1.29, 1.82) is 0 Å². The first-order valence-electron chi connectivity index (χ1n) is 7.74. The number of anilines is 1. The van der Waals surface area contributed by atoms with Crippen molar-refractivity contribution >= 4 is 5.69 Å². The molecule has 0 bridgehead atoms. The zero-order chi connectivity index (χ0) is 15.7. The summed E-state index contributed by atoms with van der Waals surface area (Å²) < 4.78 is 10.9. The highest BCUT2D eigenvalue weighted by Crippen LogP contribution is 2.42. The Kier molecular flexibility index (Phi) is 3.97. The summed E-state index contributed by atoms with van der Waals surface area (Å²) in [6, 6.07) is 12.8. The minimum absolute atomic E-state index is 0.222. The highest BCUT2D eigenvalue weighted by atomic mass is 16.5. The Hall–Kier alpha value is -2.16. The molecule has 0 aliphatic carbocycles. The number of para-hydroxylation sites is 1. The summed E-state index contributed by atoms with van der Waals surface area (Å²) >= 11 is 0. The van der Waals surface area contributed by atoms with Gasteiger partial charge in [0.25, 0.3) is 0 Å². The fraction of sp³-hybridized carbons (Fsp3) is 0.368. The second kappa shape index (κ2) is 5.91. The van der Waals surface area contributed by atoms with Gasteiger partial charge in [0.05, 0.1) is 20.3 Å². The van der Waals surface area contributed by atoms with Gasteiger partial charge in [-0.25, -0.2) is 0 Å². The van der Waals surface area contributed by atoms with E-state index < -0.39 is 0 Å². The van der Waals surface area contributed by atoms with Gasteiger partial charge in [-0.15, -0.1) is 0 Å². The lowest BCUT2D eigenvalue weighted by Crippen LogP contribution is -2.08. The maximum Gasteiger partial charge on any atom is 0.124 e. The number of methoxy groups -OCH3 is 2. The molecule has 1 unspecified atom stereocenters. The van der Waals surface area contributed by atoms with Crippen LogP contribution in [0, 0.1) is 0 Å². The second-order valence-electron chi connectivity index (χ2n) is 6.04. The average Bonchev–Trinajstić information content (AvgIpc) is 2.97. The highest BCUT2D eigenvalue weighted by molar-refractivity contribution is 5.65. The summed E-state index contributed by atoms with van der Waals surface area (Å²) in [5.74, 6) is 2.27. The molecule has 0 spiro atoms. The van der Waals surface area contributed by atoms with E-state index in [1.54, 1.807) is 14.2 Å². The lowest BCUT2D eigenvalue weighted by atomic mass is 9.97. The van der Waals surface area contributed by atoms with Crippen LogP contribution in [-0.2, 0) is 6.42 Å². The Labute approximate surface area is 132 Å². The Bertz CT molecular complexity index is 679. The van der Waals surface area contributed by atoms with E-state index in [2.05, 4.69) is 43.4 Å². The predicted molar refractivity (Wildman–Crippen MR) is 90.1 cm³/mol. The first-order chi connectivity index (χ1) is 10.6. The van der Waals surface area contributed by atoms with Crippen molar-refractivity contribution in [3.05, 3.63) is 53.1 Å². The third kappa shape index (κ3) is 2.52. The quantitative estimate of drug-likeness (QED) is 0.899. The monoisotopic (exact) mass is 297 g/mol. The first kappa shape index (κ1) is 14.8. The molecule has 0 fully saturated rings. The number of hydrogen-bond acceptors (Lipinski definition) is 3. The fourth-order valence-corrected chi connectivity index (χ4v) is 3.19. The second-order valence-corrected chi connectivity index (χ2v) is 6.04. The summed E-state index contributed by atoms with van der Waals surface area (Å²) in [5.41, 5.74) is 5.18. The van der Waals surface area contributed by atoms with Crippen LogP contribution < -0.4 is 14.8 Å². The third-order valence-corrected chi connectivity index (χ3v) is 4.36. The van der Waals surface area contributed by atoms with E-state index in [4.69, 9.17) is 9.47 Å². The smallest absolute Gasteiger partial charge is 0.124 e. The van der Waals surface area contributed by atoms with Crippen molar-refractivity contribution in [2.45, 2.75) is 32.2 Å². The van der Waals surface area contributed by atoms with E-state index in [-0.39, 0.29) is 6.04 Å². The molecule has 3 rings (SSSR count). The molecule has 0 radical (unpaired) electrons. The van der Waals surface area contributed by atoms with Gasteiger partial charge in [0.2, 0.25) is 0 Å². The summed E-state index contributed by atoms with van der Waals surface area (Å²) in [4.78, 5) is 0. The van der Waals surface area contributed by atoms with Crippen LogP contribution in [0.3, 0.4) is 0 Å². The van der Waals surface area contributed by atoms with Gasteiger partial charge in [0.1, 0.15) is 11.5 Å². The SMILES string of the molecule is COc1ccc(OC)c(C2Cc3cccc(C(C)C)c3N2)c1. The molecule has 0 saturated carbocycles. The molecule has 2 aromatic rings. The van der Waals surface area contributed by atoms with Crippen LogP contribution in [0.5, 0.6) is 11.5 Å². The summed E-state index contributed by atoms with van der Waals surface area (Å²) in [5, 5.41) is 3.69. The summed E-state index contributed by atoms with van der Waals surface area (Å²) in [7, 11) is 3.41. The Morgan fingerprint density at radius 3 is 2.59 bits per heavy atom. The van der Waals surface area contributed by atoms with Gasteiger partial charge in [-0.05, 0) is 41.7 Å².